The monoisotopic (exact) mass is 468 g/mol. The smallest absolute Gasteiger partial charge is 0.305 e. The molecule has 33 heavy (non-hydrogen) atoms. The van der Waals surface area contributed by atoms with Crippen molar-refractivity contribution in [3.8, 4) is 0 Å². The van der Waals surface area contributed by atoms with E-state index in [1.54, 1.807) is 7.11 Å². The van der Waals surface area contributed by atoms with E-state index in [0.29, 0.717) is 54.8 Å². The number of hydrogen-bond donors (Lipinski definition) is 1. The molecule has 4 saturated carbocycles. The van der Waals surface area contributed by atoms with Gasteiger partial charge in [0.15, 0.2) is 0 Å². The predicted octanol–water partition coefficient (Wildman–Crippen LogP) is 5.14. The van der Waals surface area contributed by atoms with Crippen LogP contribution in [0.5, 0.6) is 0 Å². The Morgan fingerprint density at radius 1 is 1.12 bits per heavy atom. The second kappa shape index (κ2) is 9.73. The summed E-state index contributed by atoms with van der Waals surface area (Å²) in [7, 11) is 3.13. The van der Waals surface area contributed by atoms with Crippen LogP contribution < -0.4 is 0 Å². The number of carbonyl (C=O) groups is 1. The van der Waals surface area contributed by atoms with E-state index in [4.69, 9.17) is 14.2 Å². The van der Waals surface area contributed by atoms with Gasteiger partial charge in [-0.05, 0) is 97.7 Å². The van der Waals surface area contributed by atoms with E-state index >= 15 is 0 Å². The number of aliphatic hydroxyl groups excluding tert-OH is 1. The number of hydrogen-bond acceptors (Lipinski definition) is 5. The van der Waals surface area contributed by atoms with E-state index in [-0.39, 0.29) is 29.7 Å². The molecule has 4 fully saturated rings. The molecule has 0 bridgehead atoms. The molecule has 4 aliphatic rings. The van der Waals surface area contributed by atoms with Gasteiger partial charge in [0.05, 0.1) is 19.3 Å². The first-order valence-electron chi connectivity index (χ1n) is 13.1. The van der Waals surface area contributed by atoms with Crippen molar-refractivity contribution >= 4 is 5.97 Å². The highest BCUT2D eigenvalue weighted by Gasteiger charge is 2.64. The number of alkyl halides is 1. The number of methoxy groups -OCH3 is 2. The molecule has 0 radical (unpaired) electrons. The molecule has 0 saturated heterocycles. The van der Waals surface area contributed by atoms with Crippen molar-refractivity contribution in [1.29, 1.82) is 0 Å². The zero-order valence-corrected chi connectivity index (χ0v) is 21.2. The van der Waals surface area contributed by atoms with Crippen molar-refractivity contribution in [3.63, 3.8) is 0 Å². The standard InChI is InChI=1S/C27H45FO5/c1-16(6-9-24(30)32-5)18-7-8-19-25-20(10-11-26(18,19)2)27(3)14-21(28)22(29)12-17(27)13-23(25)33-15-31-4/h16-23,25,29H,6-15H2,1-5H3/t16-,17+,18-,19?,20?,21+,22+,23?,25?,26-,27+/m1/s1. The van der Waals surface area contributed by atoms with E-state index in [9.17, 15) is 14.3 Å². The molecule has 5 nitrogen and oxygen atoms in total. The quantitative estimate of drug-likeness (QED) is 0.414. The van der Waals surface area contributed by atoms with Gasteiger partial charge < -0.3 is 19.3 Å². The highest BCUT2D eigenvalue weighted by atomic mass is 19.1. The van der Waals surface area contributed by atoms with Crippen LogP contribution in [0.4, 0.5) is 4.39 Å². The highest BCUT2D eigenvalue weighted by Crippen LogP contribution is 2.68. The van der Waals surface area contributed by atoms with Crippen molar-refractivity contribution in [3.05, 3.63) is 0 Å². The van der Waals surface area contributed by atoms with Crippen molar-refractivity contribution in [2.45, 2.75) is 96.9 Å². The van der Waals surface area contributed by atoms with Gasteiger partial charge in [0.25, 0.3) is 0 Å². The number of rotatable bonds is 7. The molecule has 0 aromatic heterocycles. The van der Waals surface area contributed by atoms with Crippen LogP contribution in [0, 0.1) is 46.3 Å². The fraction of sp³-hybridized carbons (Fsp3) is 0.963. The first kappa shape index (κ1) is 25.4. The lowest BCUT2D eigenvalue weighted by Gasteiger charge is -2.63. The fourth-order valence-corrected chi connectivity index (χ4v) is 9.13. The summed E-state index contributed by atoms with van der Waals surface area (Å²) in [6.45, 7) is 7.37. The van der Waals surface area contributed by atoms with E-state index in [2.05, 4.69) is 20.8 Å². The Balaban J connectivity index is 1.59. The van der Waals surface area contributed by atoms with Crippen molar-refractivity contribution in [2.24, 2.45) is 46.3 Å². The Morgan fingerprint density at radius 2 is 1.85 bits per heavy atom. The van der Waals surface area contributed by atoms with Gasteiger partial charge in [0, 0.05) is 13.5 Å². The number of fused-ring (bicyclic) bond motifs is 5. The first-order chi connectivity index (χ1) is 15.7. The molecule has 0 amide bonds. The Morgan fingerprint density at radius 3 is 2.55 bits per heavy atom. The molecule has 4 rings (SSSR count). The molecular weight excluding hydrogens is 423 g/mol. The van der Waals surface area contributed by atoms with Gasteiger partial charge in [-0.15, -0.1) is 0 Å². The van der Waals surface area contributed by atoms with Crippen LogP contribution in [-0.2, 0) is 19.0 Å². The summed E-state index contributed by atoms with van der Waals surface area (Å²) in [6.07, 6.45) is 6.03. The van der Waals surface area contributed by atoms with E-state index in [1.165, 1.54) is 20.0 Å². The van der Waals surface area contributed by atoms with Crippen molar-refractivity contribution in [2.75, 3.05) is 21.0 Å². The van der Waals surface area contributed by atoms with Gasteiger partial charge >= 0.3 is 5.97 Å². The predicted molar refractivity (Wildman–Crippen MR) is 124 cm³/mol. The SMILES string of the molecule is COCOC1C[C@@H]2C[C@H](O)[C@@H](F)C[C@]2(C)C2CC[C@@]3(C)C(CC[C@@H]3[C@H](C)CCC(=O)OC)C12. The van der Waals surface area contributed by atoms with Crippen LogP contribution in [0.25, 0.3) is 0 Å². The second-order valence-corrected chi connectivity index (χ2v) is 12.2. The summed E-state index contributed by atoms with van der Waals surface area (Å²) in [5.74, 6) is 2.61. The van der Waals surface area contributed by atoms with Gasteiger partial charge in [-0.2, -0.15) is 0 Å². The summed E-state index contributed by atoms with van der Waals surface area (Å²) in [5.41, 5.74) is 0.143. The molecule has 0 aromatic rings. The average Bonchev–Trinajstić information content (AvgIpc) is 3.14. The van der Waals surface area contributed by atoms with Crippen LogP contribution in [0.15, 0.2) is 0 Å². The maximum Gasteiger partial charge on any atom is 0.305 e. The number of esters is 1. The zero-order chi connectivity index (χ0) is 24.0. The topological polar surface area (TPSA) is 65.0 Å². The Bertz CT molecular complexity index is 702. The summed E-state index contributed by atoms with van der Waals surface area (Å²) in [6, 6.07) is 0. The number of aliphatic hydroxyl groups is 1. The second-order valence-electron chi connectivity index (χ2n) is 12.2. The van der Waals surface area contributed by atoms with Crippen molar-refractivity contribution < 1.29 is 28.5 Å². The average molecular weight is 469 g/mol. The summed E-state index contributed by atoms with van der Waals surface area (Å²) >= 11 is 0. The van der Waals surface area contributed by atoms with E-state index in [0.717, 1.165) is 25.7 Å². The lowest BCUT2D eigenvalue weighted by Crippen LogP contribution is -2.60. The Hall–Kier alpha value is -0.720. The van der Waals surface area contributed by atoms with Crippen LogP contribution in [0.3, 0.4) is 0 Å². The third-order valence-corrected chi connectivity index (χ3v) is 10.8. The molecule has 0 spiro atoms. The number of carbonyl (C=O) groups excluding carboxylic acids is 1. The maximum atomic E-state index is 14.8. The largest absolute Gasteiger partial charge is 0.469 e. The van der Waals surface area contributed by atoms with Crippen LogP contribution in [-0.4, -0.2) is 50.5 Å². The third kappa shape index (κ3) is 4.38. The highest BCUT2D eigenvalue weighted by molar-refractivity contribution is 5.69. The molecular formula is C27H45FO5. The first-order valence-corrected chi connectivity index (χ1v) is 13.1. The number of halogens is 1. The zero-order valence-electron chi connectivity index (χ0n) is 21.2. The minimum atomic E-state index is -1.12. The van der Waals surface area contributed by atoms with Crippen LogP contribution in [0.1, 0.15) is 78.6 Å². The Kier molecular flexibility index (Phi) is 7.49. The molecule has 1 N–H and O–H groups in total. The lowest BCUT2D eigenvalue weighted by molar-refractivity contribution is -0.215. The van der Waals surface area contributed by atoms with Gasteiger partial charge in [-0.25, -0.2) is 4.39 Å². The molecule has 4 aliphatic carbocycles. The van der Waals surface area contributed by atoms with Gasteiger partial charge in [0.2, 0.25) is 0 Å². The summed E-state index contributed by atoms with van der Waals surface area (Å²) < 4.78 is 31.3. The van der Waals surface area contributed by atoms with Crippen LogP contribution >= 0.6 is 0 Å². The van der Waals surface area contributed by atoms with E-state index < -0.39 is 12.3 Å². The normalized spacial score (nSPS) is 47.8. The lowest BCUT2D eigenvalue weighted by atomic mass is 9.43. The minimum Gasteiger partial charge on any atom is -0.469 e. The van der Waals surface area contributed by atoms with Crippen molar-refractivity contribution in [1.82, 2.24) is 0 Å². The molecule has 0 aliphatic heterocycles. The number of ether oxygens (including phenoxy) is 3. The van der Waals surface area contributed by atoms with E-state index in [1.807, 2.05) is 0 Å². The Labute approximate surface area is 199 Å². The fourth-order valence-electron chi connectivity index (χ4n) is 9.13. The third-order valence-electron chi connectivity index (χ3n) is 10.8. The molecule has 4 unspecified atom stereocenters. The minimum absolute atomic E-state index is 0.0772. The van der Waals surface area contributed by atoms with Gasteiger partial charge in [-0.1, -0.05) is 20.8 Å². The molecule has 190 valence electrons. The molecule has 6 heteroatoms. The summed E-state index contributed by atoms with van der Waals surface area (Å²) in [5, 5.41) is 10.3. The molecule has 11 atom stereocenters. The molecule has 0 aromatic carbocycles. The summed E-state index contributed by atoms with van der Waals surface area (Å²) in [4.78, 5) is 11.7. The maximum absolute atomic E-state index is 14.8. The van der Waals surface area contributed by atoms with Gasteiger partial charge in [-0.3, -0.25) is 4.79 Å². The van der Waals surface area contributed by atoms with Gasteiger partial charge in [0.1, 0.15) is 13.0 Å². The molecule has 0 heterocycles. The van der Waals surface area contributed by atoms with Crippen LogP contribution in [0.2, 0.25) is 0 Å².